The van der Waals surface area contributed by atoms with Gasteiger partial charge in [-0.3, -0.25) is 4.98 Å². The molecule has 4 heterocycles. The number of nitrogens with zero attached hydrogens (tertiary/aromatic N) is 3. The number of thiocarbonyl (C=S) groups is 1. The molecule has 2 aromatic carbocycles. The molecule has 2 aliphatic rings. The molecule has 6 nitrogen and oxygen atoms in total. The first kappa shape index (κ1) is 20.7. The van der Waals surface area contributed by atoms with Crippen molar-refractivity contribution in [2.24, 2.45) is 0 Å². The molecule has 2 atom stereocenters. The molecule has 0 unspecified atom stereocenters. The number of hydrogen-bond acceptors (Lipinski definition) is 4. The number of benzene rings is 2. The first-order chi connectivity index (χ1) is 16.6. The lowest BCUT2D eigenvalue weighted by Gasteiger charge is -2.28. The van der Waals surface area contributed by atoms with Crippen LogP contribution >= 0.6 is 12.2 Å². The van der Waals surface area contributed by atoms with Gasteiger partial charge in [0.15, 0.2) is 16.6 Å². The molecule has 0 amide bonds. The van der Waals surface area contributed by atoms with E-state index in [9.17, 15) is 0 Å². The van der Waals surface area contributed by atoms with E-state index in [0.29, 0.717) is 5.11 Å². The predicted molar refractivity (Wildman–Crippen MR) is 136 cm³/mol. The molecule has 1 saturated heterocycles. The zero-order valence-corrected chi connectivity index (χ0v) is 19.8. The van der Waals surface area contributed by atoms with Crippen LogP contribution in [0.3, 0.4) is 0 Å². The SMILES string of the molecule is Cc1cc([C@@H]2[C@@H](c3ccccn3)NC(=S)N2c2ccc3c(c2)OCO3)c(C)n1-c1ccccc1. The van der Waals surface area contributed by atoms with E-state index >= 15 is 0 Å². The molecule has 7 heteroatoms. The minimum Gasteiger partial charge on any atom is -0.454 e. The molecule has 170 valence electrons. The number of ether oxygens (including phenoxy) is 2. The fourth-order valence-corrected chi connectivity index (χ4v) is 5.39. The van der Waals surface area contributed by atoms with Crippen LogP contribution in [-0.4, -0.2) is 21.5 Å². The molecule has 2 aliphatic heterocycles. The van der Waals surface area contributed by atoms with Crippen LogP contribution in [0.25, 0.3) is 5.69 Å². The molecule has 4 aromatic rings. The number of hydrogen-bond donors (Lipinski definition) is 1. The van der Waals surface area contributed by atoms with E-state index in [4.69, 9.17) is 21.7 Å². The quantitative estimate of drug-likeness (QED) is 0.405. The van der Waals surface area contributed by atoms with Crippen LogP contribution in [0.15, 0.2) is 79.0 Å². The Kier molecular flexibility index (Phi) is 4.99. The molecule has 0 radical (unpaired) electrons. The van der Waals surface area contributed by atoms with Gasteiger partial charge in [0.2, 0.25) is 6.79 Å². The molecular formula is C27H24N4O2S. The van der Waals surface area contributed by atoms with E-state index < -0.39 is 0 Å². The molecule has 1 N–H and O–H groups in total. The van der Waals surface area contributed by atoms with Gasteiger partial charge in [-0.25, -0.2) is 0 Å². The van der Waals surface area contributed by atoms with Crippen molar-refractivity contribution in [2.75, 3.05) is 11.7 Å². The number of fused-ring (bicyclic) bond motifs is 1. The number of para-hydroxylation sites is 1. The maximum Gasteiger partial charge on any atom is 0.231 e. The van der Waals surface area contributed by atoms with Gasteiger partial charge >= 0.3 is 0 Å². The minimum absolute atomic E-state index is 0.0913. The van der Waals surface area contributed by atoms with Crippen LogP contribution in [-0.2, 0) is 0 Å². The molecule has 0 spiro atoms. The molecule has 1 fully saturated rings. The van der Waals surface area contributed by atoms with Crippen molar-refractivity contribution >= 4 is 23.0 Å². The van der Waals surface area contributed by atoms with Crippen molar-refractivity contribution < 1.29 is 9.47 Å². The maximum atomic E-state index is 5.89. The zero-order valence-electron chi connectivity index (χ0n) is 18.9. The Hall–Kier alpha value is -3.84. The second-order valence-electron chi connectivity index (χ2n) is 8.53. The van der Waals surface area contributed by atoms with Crippen LogP contribution in [0, 0.1) is 13.8 Å². The Bertz CT molecular complexity index is 1370. The Morgan fingerprint density at radius 3 is 2.50 bits per heavy atom. The summed E-state index contributed by atoms with van der Waals surface area (Å²) in [6.07, 6.45) is 1.83. The van der Waals surface area contributed by atoms with Crippen molar-refractivity contribution in [2.45, 2.75) is 25.9 Å². The average Bonchev–Trinajstić information content (AvgIpc) is 3.54. The van der Waals surface area contributed by atoms with Crippen LogP contribution in [0.5, 0.6) is 11.5 Å². The monoisotopic (exact) mass is 468 g/mol. The topological polar surface area (TPSA) is 51.6 Å². The van der Waals surface area contributed by atoms with Gasteiger partial charge in [-0.2, -0.15) is 0 Å². The summed E-state index contributed by atoms with van der Waals surface area (Å²) in [5, 5.41) is 4.20. The van der Waals surface area contributed by atoms with Crippen LogP contribution in [0.2, 0.25) is 0 Å². The Labute approximate surface area is 203 Å². The lowest BCUT2D eigenvalue weighted by atomic mass is 9.96. The van der Waals surface area contributed by atoms with Crippen LogP contribution in [0.1, 0.15) is 34.7 Å². The van der Waals surface area contributed by atoms with Gasteiger partial charge in [0, 0.05) is 35.0 Å². The van der Waals surface area contributed by atoms with Crippen molar-refractivity contribution in [3.05, 3.63) is 102 Å². The van der Waals surface area contributed by atoms with Crippen LogP contribution in [0.4, 0.5) is 5.69 Å². The van der Waals surface area contributed by atoms with E-state index in [1.807, 2.05) is 48.7 Å². The van der Waals surface area contributed by atoms with Gasteiger partial charge in [-0.1, -0.05) is 24.3 Å². The first-order valence-corrected chi connectivity index (χ1v) is 11.7. The summed E-state index contributed by atoms with van der Waals surface area (Å²) >= 11 is 5.89. The summed E-state index contributed by atoms with van der Waals surface area (Å²) in [5.74, 6) is 1.48. The highest BCUT2D eigenvalue weighted by molar-refractivity contribution is 7.80. The summed E-state index contributed by atoms with van der Waals surface area (Å²) in [5.41, 5.74) is 6.58. The summed E-state index contributed by atoms with van der Waals surface area (Å²) in [7, 11) is 0. The summed E-state index contributed by atoms with van der Waals surface area (Å²) in [4.78, 5) is 6.85. The Morgan fingerprint density at radius 2 is 1.71 bits per heavy atom. The van der Waals surface area contributed by atoms with E-state index in [-0.39, 0.29) is 18.9 Å². The predicted octanol–water partition coefficient (Wildman–Crippen LogP) is 5.39. The van der Waals surface area contributed by atoms with E-state index in [0.717, 1.165) is 28.6 Å². The number of aryl methyl sites for hydroxylation is 1. The van der Waals surface area contributed by atoms with E-state index in [2.05, 4.69) is 63.9 Å². The number of rotatable bonds is 4. The third-order valence-corrected chi connectivity index (χ3v) is 6.85. The normalized spacial score (nSPS) is 18.9. The lowest BCUT2D eigenvalue weighted by molar-refractivity contribution is 0.174. The van der Waals surface area contributed by atoms with Gasteiger partial charge < -0.3 is 24.3 Å². The molecular weight excluding hydrogens is 444 g/mol. The number of pyridine rings is 1. The summed E-state index contributed by atoms with van der Waals surface area (Å²) < 4.78 is 13.5. The zero-order chi connectivity index (χ0) is 23.2. The van der Waals surface area contributed by atoms with E-state index in [1.54, 1.807) is 0 Å². The third kappa shape index (κ3) is 3.31. The highest BCUT2D eigenvalue weighted by Crippen LogP contribution is 2.45. The smallest absolute Gasteiger partial charge is 0.231 e. The van der Waals surface area contributed by atoms with Gasteiger partial charge in [0.05, 0.1) is 17.8 Å². The third-order valence-electron chi connectivity index (χ3n) is 6.54. The van der Waals surface area contributed by atoms with E-state index in [1.165, 1.54) is 17.0 Å². The highest BCUT2D eigenvalue weighted by Gasteiger charge is 2.42. The molecule has 34 heavy (non-hydrogen) atoms. The second kappa shape index (κ2) is 8.18. The number of anilines is 1. The standard InChI is InChI=1S/C27H24N4O2S/c1-17-14-21(18(2)30(17)19-8-4-3-5-9-19)26-25(22-10-6-7-13-28-22)29-27(34)31(26)20-11-12-23-24(15-20)33-16-32-23/h3-15,25-26H,16H2,1-2H3,(H,29,34)/t25-,26-/m1/s1. The largest absolute Gasteiger partial charge is 0.454 e. The fourth-order valence-electron chi connectivity index (χ4n) is 5.05. The maximum absolute atomic E-state index is 5.89. The van der Waals surface area contributed by atoms with Crippen molar-refractivity contribution in [1.29, 1.82) is 0 Å². The number of aromatic nitrogens is 2. The van der Waals surface area contributed by atoms with Gasteiger partial charge in [-0.05, 0) is 74.1 Å². The Morgan fingerprint density at radius 1 is 0.912 bits per heavy atom. The first-order valence-electron chi connectivity index (χ1n) is 11.3. The minimum atomic E-state index is -0.108. The average molecular weight is 469 g/mol. The van der Waals surface area contributed by atoms with Gasteiger partial charge in [0.1, 0.15) is 0 Å². The molecule has 0 aliphatic carbocycles. The highest BCUT2D eigenvalue weighted by atomic mass is 32.1. The number of nitrogens with one attached hydrogen (secondary N) is 1. The van der Waals surface area contributed by atoms with Gasteiger partial charge in [0.25, 0.3) is 0 Å². The summed E-state index contributed by atoms with van der Waals surface area (Å²) in [6, 6.07) is 24.5. The van der Waals surface area contributed by atoms with Gasteiger partial charge in [-0.15, -0.1) is 0 Å². The molecule has 6 rings (SSSR count). The summed E-state index contributed by atoms with van der Waals surface area (Å²) in [6.45, 7) is 4.55. The fraction of sp³-hybridized carbons (Fsp3) is 0.185. The second-order valence-corrected chi connectivity index (χ2v) is 8.92. The van der Waals surface area contributed by atoms with Crippen molar-refractivity contribution in [3.63, 3.8) is 0 Å². The Balaban J connectivity index is 1.51. The van der Waals surface area contributed by atoms with Crippen LogP contribution < -0.4 is 19.7 Å². The van der Waals surface area contributed by atoms with Crippen molar-refractivity contribution in [1.82, 2.24) is 14.9 Å². The molecule has 2 aromatic heterocycles. The lowest BCUT2D eigenvalue weighted by Crippen LogP contribution is -2.29. The van der Waals surface area contributed by atoms with Crippen molar-refractivity contribution in [3.8, 4) is 17.2 Å². The molecule has 0 saturated carbocycles. The molecule has 0 bridgehead atoms.